The molecular weight excluding hydrogens is 222 g/mol. The average molecular weight is 234 g/mol. The second-order valence-corrected chi connectivity index (χ2v) is 5.06. The van der Waals surface area contributed by atoms with E-state index in [9.17, 15) is 4.79 Å². The Balaban J connectivity index is 2.72. The lowest BCUT2D eigenvalue weighted by Crippen LogP contribution is -2.40. The molecule has 0 fully saturated rings. The van der Waals surface area contributed by atoms with Crippen LogP contribution in [0.25, 0.3) is 0 Å². The number of thiophene rings is 1. The minimum atomic E-state index is -0.733. The molecule has 1 aromatic rings. The van der Waals surface area contributed by atoms with Crippen LogP contribution in [0.1, 0.15) is 13.8 Å². The molecule has 1 N–H and O–H groups in total. The fourth-order valence-corrected chi connectivity index (χ4v) is 2.10. The Hall–Kier alpha value is -0.740. The van der Waals surface area contributed by atoms with Crippen molar-refractivity contribution in [3.8, 4) is 0 Å². The predicted molar refractivity (Wildman–Crippen MR) is 59.0 cm³/mol. The maximum absolute atomic E-state index is 11.3. The van der Waals surface area contributed by atoms with Crippen molar-refractivity contribution < 1.29 is 9.53 Å². The van der Waals surface area contributed by atoms with Gasteiger partial charge >= 0.3 is 5.97 Å². The Labute approximate surface area is 92.0 Å². The van der Waals surface area contributed by atoms with Crippen LogP contribution >= 0.6 is 22.9 Å². The van der Waals surface area contributed by atoms with Crippen LogP contribution < -0.4 is 5.32 Å². The average Bonchev–Trinajstić information content (AvgIpc) is 2.48. The zero-order valence-corrected chi connectivity index (χ0v) is 9.83. The number of methoxy groups -OCH3 is 1. The Kier molecular flexibility index (Phi) is 3.39. The molecule has 5 heteroatoms. The van der Waals surface area contributed by atoms with Crippen molar-refractivity contribution >= 4 is 33.9 Å². The van der Waals surface area contributed by atoms with Crippen molar-refractivity contribution in [2.24, 2.45) is 0 Å². The summed E-state index contributed by atoms with van der Waals surface area (Å²) in [5.41, 5.74) is -0.733. The van der Waals surface area contributed by atoms with Crippen molar-refractivity contribution in [2.75, 3.05) is 12.4 Å². The van der Waals surface area contributed by atoms with Gasteiger partial charge in [0.1, 0.15) is 5.54 Å². The van der Waals surface area contributed by atoms with Crippen molar-refractivity contribution in [2.45, 2.75) is 19.4 Å². The molecule has 3 nitrogen and oxygen atoms in total. The first-order valence-corrected chi connectivity index (χ1v) is 5.27. The molecule has 0 aliphatic heterocycles. The first-order valence-electron chi connectivity index (χ1n) is 4.07. The van der Waals surface area contributed by atoms with Crippen LogP contribution in [0, 0.1) is 0 Å². The topological polar surface area (TPSA) is 38.3 Å². The summed E-state index contributed by atoms with van der Waals surface area (Å²) >= 11 is 7.15. The maximum Gasteiger partial charge on any atom is 0.330 e. The van der Waals surface area contributed by atoms with Crippen LogP contribution in [0.5, 0.6) is 0 Å². The molecule has 78 valence electrons. The molecular formula is C9H12ClNO2S. The smallest absolute Gasteiger partial charge is 0.330 e. The third-order valence-electron chi connectivity index (χ3n) is 1.70. The molecule has 0 amide bonds. The third-order valence-corrected chi connectivity index (χ3v) is 2.85. The molecule has 0 radical (unpaired) electrons. The normalized spacial score (nSPS) is 11.1. The Morgan fingerprint density at radius 2 is 2.21 bits per heavy atom. The Bertz CT molecular complexity index is 335. The molecule has 0 saturated carbocycles. The number of carbonyl (C=O) groups excluding carboxylic acids is 1. The molecule has 0 unspecified atom stereocenters. The molecule has 0 aliphatic carbocycles. The van der Waals surface area contributed by atoms with E-state index in [1.54, 1.807) is 19.9 Å². The molecule has 1 aromatic heterocycles. The number of ether oxygens (including phenoxy) is 1. The highest BCUT2D eigenvalue weighted by molar-refractivity contribution is 7.19. The number of hydrogen-bond acceptors (Lipinski definition) is 4. The second-order valence-electron chi connectivity index (χ2n) is 3.35. The highest BCUT2D eigenvalue weighted by atomic mass is 35.5. The number of halogens is 1. The van der Waals surface area contributed by atoms with Gasteiger partial charge in [-0.3, -0.25) is 0 Å². The van der Waals surface area contributed by atoms with E-state index in [1.165, 1.54) is 18.4 Å². The van der Waals surface area contributed by atoms with Gasteiger partial charge in [-0.1, -0.05) is 11.6 Å². The lowest BCUT2D eigenvalue weighted by Gasteiger charge is -2.23. The summed E-state index contributed by atoms with van der Waals surface area (Å²) in [5, 5.41) is 3.90. The van der Waals surface area contributed by atoms with E-state index in [-0.39, 0.29) is 5.97 Å². The summed E-state index contributed by atoms with van der Waals surface area (Å²) in [6, 6.07) is 3.61. The van der Waals surface area contributed by atoms with E-state index in [2.05, 4.69) is 10.1 Å². The number of anilines is 1. The maximum atomic E-state index is 11.3. The Morgan fingerprint density at radius 1 is 1.57 bits per heavy atom. The van der Waals surface area contributed by atoms with Gasteiger partial charge in [-0.15, -0.1) is 11.3 Å². The Morgan fingerprint density at radius 3 is 2.64 bits per heavy atom. The van der Waals surface area contributed by atoms with Crippen molar-refractivity contribution in [3.63, 3.8) is 0 Å². The van der Waals surface area contributed by atoms with Gasteiger partial charge in [0.05, 0.1) is 16.4 Å². The number of rotatable bonds is 3. The molecule has 0 aliphatic rings. The highest BCUT2D eigenvalue weighted by Gasteiger charge is 2.28. The van der Waals surface area contributed by atoms with Gasteiger partial charge in [-0.25, -0.2) is 4.79 Å². The van der Waals surface area contributed by atoms with Gasteiger partial charge in [-0.2, -0.15) is 0 Å². The fourth-order valence-electron chi connectivity index (χ4n) is 0.996. The van der Waals surface area contributed by atoms with E-state index in [0.29, 0.717) is 4.34 Å². The molecule has 0 atom stereocenters. The van der Waals surface area contributed by atoms with Crippen LogP contribution in [-0.2, 0) is 9.53 Å². The lowest BCUT2D eigenvalue weighted by atomic mass is 10.1. The molecule has 0 aromatic carbocycles. The minimum Gasteiger partial charge on any atom is -0.467 e. The van der Waals surface area contributed by atoms with E-state index >= 15 is 0 Å². The molecule has 1 rings (SSSR count). The molecule has 0 bridgehead atoms. The van der Waals surface area contributed by atoms with Gasteiger partial charge in [0, 0.05) is 0 Å². The number of hydrogen-bond donors (Lipinski definition) is 1. The van der Waals surface area contributed by atoms with Gasteiger partial charge in [0.2, 0.25) is 0 Å². The standard InChI is InChI=1S/C9H12ClNO2S/c1-9(2,8(12)13-3)11-7-5-4-6(10)14-7/h4-5,11H,1-3H3. The fraction of sp³-hybridized carbons (Fsp3) is 0.444. The SMILES string of the molecule is COC(=O)C(C)(C)Nc1ccc(Cl)s1. The molecule has 14 heavy (non-hydrogen) atoms. The molecule has 0 saturated heterocycles. The van der Waals surface area contributed by atoms with Gasteiger partial charge in [0.15, 0.2) is 0 Å². The van der Waals surface area contributed by atoms with Gasteiger partial charge in [0.25, 0.3) is 0 Å². The van der Waals surface area contributed by atoms with E-state index < -0.39 is 5.54 Å². The van der Waals surface area contributed by atoms with Gasteiger partial charge < -0.3 is 10.1 Å². The second kappa shape index (κ2) is 4.19. The molecule has 0 spiro atoms. The minimum absolute atomic E-state index is 0.304. The summed E-state index contributed by atoms with van der Waals surface area (Å²) in [6.45, 7) is 3.51. The van der Waals surface area contributed by atoms with Crippen LogP contribution in [0.15, 0.2) is 12.1 Å². The summed E-state index contributed by atoms with van der Waals surface area (Å²) in [6.07, 6.45) is 0. The van der Waals surface area contributed by atoms with E-state index in [0.717, 1.165) is 5.00 Å². The number of nitrogens with one attached hydrogen (secondary N) is 1. The van der Waals surface area contributed by atoms with Crippen molar-refractivity contribution in [1.82, 2.24) is 0 Å². The van der Waals surface area contributed by atoms with Gasteiger partial charge in [-0.05, 0) is 26.0 Å². The van der Waals surface area contributed by atoms with Crippen LogP contribution in [-0.4, -0.2) is 18.6 Å². The predicted octanol–water partition coefficient (Wildman–Crippen LogP) is 2.77. The summed E-state index contributed by atoms with van der Waals surface area (Å²) in [4.78, 5) is 11.3. The number of carbonyl (C=O) groups is 1. The van der Waals surface area contributed by atoms with E-state index in [4.69, 9.17) is 11.6 Å². The van der Waals surface area contributed by atoms with Crippen LogP contribution in [0.4, 0.5) is 5.00 Å². The number of esters is 1. The van der Waals surface area contributed by atoms with Crippen molar-refractivity contribution in [1.29, 1.82) is 0 Å². The van der Waals surface area contributed by atoms with Crippen molar-refractivity contribution in [3.05, 3.63) is 16.5 Å². The highest BCUT2D eigenvalue weighted by Crippen LogP contribution is 2.28. The molecule has 1 heterocycles. The largest absolute Gasteiger partial charge is 0.467 e. The monoisotopic (exact) mass is 233 g/mol. The van der Waals surface area contributed by atoms with Crippen LogP contribution in [0.3, 0.4) is 0 Å². The zero-order chi connectivity index (χ0) is 10.8. The van der Waals surface area contributed by atoms with Crippen LogP contribution in [0.2, 0.25) is 4.34 Å². The lowest BCUT2D eigenvalue weighted by molar-refractivity contribution is -0.144. The quantitative estimate of drug-likeness (QED) is 0.816. The first-order chi connectivity index (χ1) is 6.45. The van der Waals surface area contributed by atoms with E-state index in [1.807, 2.05) is 6.07 Å². The summed E-state index contributed by atoms with van der Waals surface area (Å²) in [7, 11) is 1.37. The zero-order valence-electron chi connectivity index (χ0n) is 8.26. The summed E-state index contributed by atoms with van der Waals surface area (Å²) < 4.78 is 5.35. The summed E-state index contributed by atoms with van der Waals surface area (Å²) in [5.74, 6) is -0.304. The first kappa shape index (κ1) is 11.3. The third kappa shape index (κ3) is 2.62.